The number of hydrogen-bond donors (Lipinski definition) is 4. The SMILES string of the molecule is Cn1nnnc1NCC1NCCc2cc(O)c(O)cc21. The first-order valence-electron chi connectivity index (χ1n) is 6.39. The van der Waals surface area contributed by atoms with Gasteiger partial charge in [-0.2, -0.15) is 0 Å². The van der Waals surface area contributed by atoms with Gasteiger partial charge in [-0.15, -0.1) is 0 Å². The van der Waals surface area contributed by atoms with Gasteiger partial charge in [0.15, 0.2) is 11.5 Å². The molecule has 8 nitrogen and oxygen atoms in total. The zero-order valence-corrected chi connectivity index (χ0v) is 11.0. The Bertz CT molecular complexity index is 626. The lowest BCUT2D eigenvalue weighted by atomic mass is 9.93. The fourth-order valence-corrected chi connectivity index (χ4v) is 2.42. The number of hydrogen-bond acceptors (Lipinski definition) is 7. The normalized spacial score (nSPS) is 17.8. The van der Waals surface area contributed by atoms with Gasteiger partial charge in [-0.05, 0) is 46.7 Å². The number of anilines is 1. The van der Waals surface area contributed by atoms with Crippen molar-refractivity contribution in [1.82, 2.24) is 25.5 Å². The molecule has 4 N–H and O–H groups in total. The summed E-state index contributed by atoms with van der Waals surface area (Å²) in [6.07, 6.45) is 0.825. The van der Waals surface area contributed by atoms with Crippen LogP contribution in [0.2, 0.25) is 0 Å². The third kappa shape index (κ3) is 2.25. The Morgan fingerprint density at radius 3 is 2.95 bits per heavy atom. The molecule has 106 valence electrons. The Kier molecular flexibility index (Phi) is 3.15. The maximum Gasteiger partial charge on any atom is 0.242 e. The second kappa shape index (κ2) is 4.97. The van der Waals surface area contributed by atoms with E-state index in [1.807, 2.05) is 0 Å². The second-order valence-corrected chi connectivity index (χ2v) is 4.80. The quantitative estimate of drug-likeness (QED) is 0.581. The molecule has 0 saturated heterocycles. The van der Waals surface area contributed by atoms with E-state index in [1.54, 1.807) is 23.9 Å². The molecule has 8 heteroatoms. The zero-order valence-electron chi connectivity index (χ0n) is 11.0. The van der Waals surface area contributed by atoms with Gasteiger partial charge in [0.05, 0.1) is 6.04 Å². The number of aryl methyl sites for hydroxylation is 1. The van der Waals surface area contributed by atoms with Crippen molar-refractivity contribution in [1.29, 1.82) is 0 Å². The van der Waals surface area contributed by atoms with Gasteiger partial charge in [-0.25, -0.2) is 4.68 Å². The van der Waals surface area contributed by atoms with Gasteiger partial charge >= 0.3 is 0 Å². The van der Waals surface area contributed by atoms with Gasteiger partial charge in [-0.3, -0.25) is 0 Å². The van der Waals surface area contributed by atoms with Crippen molar-refractivity contribution in [2.24, 2.45) is 7.05 Å². The average molecular weight is 276 g/mol. The fraction of sp³-hybridized carbons (Fsp3) is 0.417. The van der Waals surface area contributed by atoms with E-state index in [2.05, 4.69) is 26.2 Å². The molecule has 1 aromatic heterocycles. The molecule has 0 fully saturated rings. The largest absolute Gasteiger partial charge is 0.504 e. The summed E-state index contributed by atoms with van der Waals surface area (Å²) >= 11 is 0. The van der Waals surface area contributed by atoms with Gasteiger partial charge < -0.3 is 20.8 Å². The summed E-state index contributed by atoms with van der Waals surface area (Å²) in [6.45, 7) is 1.41. The Morgan fingerprint density at radius 1 is 1.40 bits per heavy atom. The molecule has 1 aliphatic heterocycles. The van der Waals surface area contributed by atoms with E-state index in [4.69, 9.17) is 0 Å². The molecule has 0 bridgehead atoms. The lowest BCUT2D eigenvalue weighted by Crippen LogP contribution is -2.34. The van der Waals surface area contributed by atoms with Crippen LogP contribution >= 0.6 is 0 Å². The fourth-order valence-electron chi connectivity index (χ4n) is 2.42. The highest BCUT2D eigenvalue weighted by molar-refractivity contribution is 5.48. The molecule has 0 saturated carbocycles. The van der Waals surface area contributed by atoms with Crippen LogP contribution in [0.3, 0.4) is 0 Å². The molecule has 0 spiro atoms. The molecule has 1 atom stereocenters. The monoisotopic (exact) mass is 276 g/mol. The number of phenols is 2. The highest BCUT2D eigenvalue weighted by Crippen LogP contribution is 2.33. The summed E-state index contributed by atoms with van der Waals surface area (Å²) in [5.41, 5.74) is 2.02. The maximum absolute atomic E-state index is 9.65. The predicted octanol–water partition coefficient (Wildman–Crippen LogP) is -0.0798. The zero-order chi connectivity index (χ0) is 14.1. The van der Waals surface area contributed by atoms with Crippen molar-refractivity contribution in [2.45, 2.75) is 12.5 Å². The lowest BCUT2D eigenvalue weighted by molar-refractivity contribution is 0.399. The van der Waals surface area contributed by atoms with Crippen LogP contribution in [0.4, 0.5) is 5.95 Å². The number of fused-ring (bicyclic) bond motifs is 1. The molecule has 0 radical (unpaired) electrons. The molecule has 0 aliphatic carbocycles. The van der Waals surface area contributed by atoms with E-state index < -0.39 is 0 Å². The first kappa shape index (κ1) is 12.7. The lowest BCUT2D eigenvalue weighted by Gasteiger charge is -2.27. The number of nitrogens with one attached hydrogen (secondary N) is 2. The molecule has 1 aromatic carbocycles. The third-order valence-electron chi connectivity index (χ3n) is 3.48. The van der Waals surface area contributed by atoms with Crippen LogP contribution in [0, 0.1) is 0 Å². The van der Waals surface area contributed by atoms with Crippen LogP contribution in [0.25, 0.3) is 0 Å². The first-order valence-corrected chi connectivity index (χ1v) is 6.39. The van der Waals surface area contributed by atoms with E-state index in [0.29, 0.717) is 12.5 Å². The highest BCUT2D eigenvalue weighted by atomic mass is 16.3. The molecule has 20 heavy (non-hydrogen) atoms. The summed E-state index contributed by atoms with van der Waals surface area (Å²) in [4.78, 5) is 0. The number of tetrazole rings is 1. The predicted molar refractivity (Wildman–Crippen MR) is 71.5 cm³/mol. The molecule has 2 aromatic rings. The number of aromatic nitrogens is 4. The Labute approximate surface area is 115 Å². The summed E-state index contributed by atoms with van der Waals surface area (Å²) < 4.78 is 1.55. The van der Waals surface area contributed by atoms with Crippen LogP contribution in [-0.2, 0) is 13.5 Å². The van der Waals surface area contributed by atoms with Gasteiger partial charge in [0.25, 0.3) is 0 Å². The molecular weight excluding hydrogens is 260 g/mol. The van der Waals surface area contributed by atoms with Crippen molar-refractivity contribution in [3.05, 3.63) is 23.3 Å². The van der Waals surface area contributed by atoms with Crippen molar-refractivity contribution < 1.29 is 10.2 Å². The minimum absolute atomic E-state index is 0.0296. The highest BCUT2D eigenvalue weighted by Gasteiger charge is 2.22. The minimum Gasteiger partial charge on any atom is -0.504 e. The number of phenolic OH excluding ortho intramolecular Hbond substituents is 2. The number of benzene rings is 1. The topological polar surface area (TPSA) is 108 Å². The summed E-state index contributed by atoms with van der Waals surface area (Å²) in [7, 11) is 1.76. The minimum atomic E-state index is -0.0993. The van der Waals surface area contributed by atoms with E-state index in [1.165, 1.54) is 0 Å². The maximum atomic E-state index is 9.65. The van der Waals surface area contributed by atoms with Gasteiger partial charge in [-0.1, -0.05) is 5.10 Å². The number of rotatable bonds is 3. The van der Waals surface area contributed by atoms with E-state index in [9.17, 15) is 10.2 Å². The molecule has 1 aliphatic rings. The van der Waals surface area contributed by atoms with Crippen LogP contribution in [0.1, 0.15) is 17.2 Å². The van der Waals surface area contributed by atoms with Crippen LogP contribution in [0.15, 0.2) is 12.1 Å². The number of nitrogens with zero attached hydrogens (tertiary/aromatic N) is 4. The van der Waals surface area contributed by atoms with E-state index in [-0.39, 0.29) is 17.5 Å². The van der Waals surface area contributed by atoms with E-state index in [0.717, 1.165) is 24.1 Å². The van der Waals surface area contributed by atoms with E-state index >= 15 is 0 Å². The Balaban J connectivity index is 1.79. The Hall–Kier alpha value is -2.35. The first-order chi connectivity index (χ1) is 9.65. The van der Waals surface area contributed by atoms with Crippen molar-refractivity contribution >= 4 is 5.95 Å². The molecular formula is C12H16N6O2. The summed E-state index contributed by atoms with van der Waals surface area (Å²) in [5.74, 6) is 0.412. The third-order valence-corrected chi connectivity index (χ3v) is 3.48. The summed E-state index contributed by atoms with van der Waals surface area (Å²) in [5, 5.41) is 36.9. The average Bonchev–Trinajstić information content (AvgIpc) is 2.83. The van der Waals surface area contributed by atoms with Crippen molar-refractivity contribution in [3.8, 4) is 11.5 Å². The summed E-state index contributed by atoms with van der Waals surface area (Å²) in [6, 6.07) is 3.27. The van der Waals surface area contributed by atoms with Crippen LogP contribution < -0.4 is 10.6 Å². The molecule has 2 heterocycles. The molecule has 0 amide bonds. The molecule has 3 rings (SSSR count). The van der Waals surface area contributed by atoms with Gasteiger partial charge in [0.2, 0.25) is 5.95 Å². The second-order valence-electron chi connectivity index (χ2n) is 4.80. The Morgan fingerprint density at radius 2 is 2.20 bits per heavy atom. The van der Waals surface area contributed by atoms with Crippen LogP contribution in [0.5, 0.6) is 11.5 Å². The van der Waals surface area contributed by atoms with Crippen LogP contribution in [-0.4, -0.2) is 43.5 Å². The standard InChI is InChI=1S/C12H16N6O2/c1-18-12(15-16-17-18)14-6-9-8-5-11(20)10(19)4-7(8)2-3-13-9/h4-5,9,13,19-20H,2-3,6H2,1H3,(H,14,15,17). The van der Waals surface area contributed by atoms with Crippen molar-refractivity contribution in [2.75, 3.05) is 18.4 Å². The molecule has 1 unspecified atom stereocenters. The smallest absolute Gasteiger partial charge is 0.242 e. The number of aromatic hydroxyl groups is 2. The van der Waals surface area contributed by atoms with Gasteiger partial charge in [0.1, 0.15) is 0 Å². The van der Waals surface area contributed by atoms with Gasteiger partial charge in [0, 0.05) is 13.6 Å². The van der Waals surface area contributed by atoms with Crippen molar-refractivity contribution in [3.63, 3.8) is 0 Å².